The summed E-state index contributed by atoms with van der Waals surface area (Å²) in [7, 11) is 4.60. The molecule has 1 aliphatic carbocycles. The number of hydrogen-bond acceptors (Lipinski definition) is 3. The van der Waals surface area contributed by atoms with Gasteiger partial charge in [-0.05, 0) is 65.8 Å². The van der Waals surface area contributed by atoms with Crippen molar-refractivity contribution in [3.05, 3.63) is 0 Å². The molecule has 0 aromatic heterocycles. The molecule has 0 amide bonds. The van der Waals surface area contributed by atoms with Crippen molar-refractivity contribution in [2.45, 2.75) is 57.2 Å². The molecular formula is C14H29N3. The van der Waals surface area contributed by atoms with Crippen molar-refractivity contribution >= 4 is 0 Å². The van der Waals surface area contributed by atoms with Gasteiger partial charge in [-0.25, -0.2) is 0 Å². The van der Waals surface area contributed by atoms with Crippen molar-refractivity contribution in [2.24, 2.45) is 0 Å². The molecule has 2 fully saturated rings. The first-order valence-corrected chi connectivity index (χ1v) is 7.34. The molecule has 1 aliphatic heterocycles. The first-order valence-electron chi connectivity index (χ1n) is 7.34. The van der Waals surface area contributed by atoms with Crippen LogP contribution in [0.2, 0.25) is 0 Å². The summed E-state index contributed by atoms with van der Waals surface area (Å²) < 4.78 is 0. The highest BCUT2D eigenvalue weighted by Crippen LogP contribution is 2.27. The Labute approximate surface area is 107 Å². The Hall–Kier alpha value is -0.120. The van der Waals surface area contributed by atoms with E-state index >= 15 is 0 Å². The maximum absolute atomic E-state index is 3.60. The zero-order valence-corrected chi connectivity index (χ0v) is 11.8. The van der Waals surface area contributed by atoms with E-state index in [1.807, 2.05) is 0 Å². The molecule has 3 nitrogen and oxygen atoms in total. The molecule has 2 aliphatic rings. The predicted molar refractivity (Wildman–Crippen MR) is 73.4 cm³/mol. The van der Waals surface area contributed by atoms with Crippen LogP contribution in [0.1, 0.15) is 39.0 Å². The van der Waals surface area contributed by atoms with Crippen LogP contribution in [-0.4, -0.2) is 61.7 Å². The molecule has 1 heterocycles. The summed E-state index contributed by atoms with van der Waals surface area (Å²) in [4.78, 5) is 5.14. The van der Waals surface area contributed by atoms with Gasteiger partial charge in [0.05, 0.1) is 0 Å². The third-order valence-electron chi connectivity index (χ3n) is 4.74. The molecule has 0 radical (unpaired) electrons. The van der Waals surface area contributed by atoms with E-state index in [1.165, 1.54) is 45.2 Å². The van der Waals surface area contributed by atoms with Gasteiger partial charge in [0.2, 0.25) is 0 Å². The molecule has 0 aromatic carbocycles. The standard InChI is InChI=1S/C14H29N3/c1-4-15-12-5-6-14(11-12)17(3)13-7-9-16(2)10-8-13/h12-15H,4-11H2,1-3H3. The number of piperidine rings is 1. The fourth-order valence-electron chi connectivity index (χ4n) is 3.50. The van der Waals surface area contributed by atoms with Gasteiger partial charge in [0.15, 0.2) is 0 Å². The molecule has 17 heavy (non-hydrogen) atoms. The van der Waals surface area contributed by atoms with Gasteiger partial charge < -0.3 is 15.1 Å². The van der Waals surface area contributed by atoms with Crippen LogP contribution in [0.3, 0.4) is 0 Å². The third-order valence-corrected chi connectivity index (χ3v) is 4.74. The highest BCUT2D eigenvalue weighted by Gasteiger charge is 2.31. The number of hydrogen-bond donors (Lipinski definition) is 1. The van der Waals surface area contributed by atoms with Crippen LogP contribution in [0, 0.1) is 0 Å². The summed E-state index contributed by atoms with van der Waals surface area (Å²) in [5.74, 6) is 0. The van der Waals surface area contributed by atoms with Gasteiger partial charge in [-0.2, -0.15) is 0 Å². The molecule has 1 saturated heterocycles. The van der Waals surface area contributed by atoms with Crippen molar-refractivity contribution in [3.63, 3.8) is 0 Å². The van der Waals surface area contributed by atoms with Gasteiger partial charge in [0.1, 0.15) is 0 Å². The predicted octanol–water partition coefficient (Wildman–Crippen LogP) is 1.54. The Morgan fingerprint density at radius 3 is 2.47 bits per heavy atom. The third kappa shape index (κ3) is 3.43. The van der Waals surface area contributed by atoms with Gasteiger partial charge in [-0.3, -0.25) is 0 Å². The number of rotatable bonds is 4. The van der Waals surface area contributed by atoms with Crippen LogP contribution in [-0.2, 0) is 0 Å². The first kappa shape index (κ1) is 13.3. The lowest BCUT2D eigenvalue weighted by atomic mass is 10.0. The molecule has 0 aromatic rings. The zero-order chi connectivity index (χ0) is 12.3. The Balaban J connectivity index is 1.78. The lowest BCUT2D eigenvalue weighted by Gasteiger charge is -2.38. The minimum Gasteiger partial charge on any atom is -0.314 e. The number of nitrogens with zero attached hydrogens (tertiary/aromatic N) is 2. The lowest BCUT2D eigenvalue weighted by molar-refractivity contribution is 0.108. The van der Waals surface area contributed by atoms with Crippen LogP contribution >= 0.6 is 0 Å². The SMILES string of the molecule is CCNC1CCC(N(C)C2CCN(C)CC2)C1. The second kappa shape index (κ2) is 6.17. The zero-order valence-electron chi connectivity index (χ0n) is 11.8. The van der Waals surface area contributed by atoms with E-state index in [0.717, 1.165) is 24.7 Å². The lowest BCUT2D eigenvalue weighted by Crippen LogP contribution is -2.46. The van der Waals surface area contributed by atoms with Crippen LogP contribution < -0.4 is 5.32 Å². The van der Waals surface area contributed by atoms with E-state index in [9.17, 15) is 0 Å². The fourth-order valence-corrected chi connectivity index (χ4v) is 3.50. The monoisotopic (exact) mass is 239 g/mol. The highest BCUT2D eigenvalue weighted by atomic mass is 15.2. The van der Waals surface area contributed by atoms with E-state index in [-0.39, 0.29) is 0 Å². The molecule has 100 valence electrons. The van der Waals surface area contributed by atoms with Crippen LogP contribution in [0.25, 0.3) is 0 Å². The molecule has 0 spiro atoms. The summed E-state index contributed by atoms with van der Waals surface area (Å²) in [6, 6.07) is 2.43. The second-order valence-corrected chi connectivity index (χ2v) is 5.92. The first-order chi connectivity index (χ1) is 8.20. The molecule has 2 rings (SSSR count). The second-order valence-electron chi connectivity index (χ2n) is 5.92. The summed E-state index contributed by atoms with van der Waals surface area (Å²) in [5, 5.41) is 3.60. The quantitative estimate of drug-likeness (QED) is 0.803. The molecule has 0 bridgehead atoms. The normalized spacial score (nSPS) is 32.5. The maximum Gasteiger partial charge on any atom is 0.0119 e. The summed E-state index contributed by atoms with van der Waals surface area (Å²) in [6.07, 6.45) is 6.83. The van der Waals surface area contributed by atoms with Crippen molar-refractivity contribution in [3.8, 4) is 0 Å². The van der Waals surface area contributed by atoms with E-state index in [1.54, 1.807) is 0 Å². The smallest absolute Gasteiger partial charge is 0.0119 e. The molecular weight excluding hydrogens is 210 g/mol. The molecule has 2 atom stereocenters. The highest BCUT2D eigenvalue weighted by molar-refractivity contribution is 4.89. The minimum absolute atomic E-state index is 0.777. The van der Waals surface area contributed by atoms with Crippen LogP contribution in [0.5, 0.6) is 0 Å². The van der Waals surface area contributed by atoms with E-state index in [4.69, 9.17) is 0 Å². The minimum atomic E-state index is 0.777. The van der Waals surface area contributed by atoms with Crippen LogP contribution in [0.4, 0.5) is 0 Å². The number of likely N-dealkylation sites (tertiary alicyclic amines) is 1. The van der Waals surface area contributed by atoms with Crippen molar-refractivity contribution < 1.29 is 0 Å². The Morgan fingerprint density at radius 1 is 1.12 bits per heavy atom. The van der Waals surface area contributed by atoms with Gasteiger partial charge in [-0.15, -0.1) is 0 Å². The molecule has 1 N–H and O–H groups in total. The van der Waals surface area contributed by atoms with Gasteiger partial charge >= 0.3 is 0 Å². The average Bonchev–Trinajstić information content (AvgIpc) is 2.78. The number of nitrogens with one attached hydrogen (secondary N) is 1. The topological polar surface area (TPSA) is 18.5 Å². The van der Waals surface area contributed by atoms with E-state index in [2.05, 4.69) is 36.1 Å². The Morgan fingerprint density at radius 2 is 1.82 bits per heavy atom. The summed E-state index contributed by atoms with van der Waals surface area (Å²) in [6.45, 7) is 5.89. The Bertz CT molecular complexity index is 224. The van der Waals surface area contributed by atoms with Crippen molar-refractivity contribution in [1.82, 2.24) is 15.1 Å². The molecule has 2 unspecified atom stereocenters. The van der Waals surface area contributed by atoms with Crippen LogP contribution in [0.15, 0.2) is 0 Å². The largest absolute Gasteiger partial charge is 0.314 e. The molecule has 3 heteroatoms. The molecule has 1 saturated carbocycles. The van der Waals surface area contributed by atoms with Gasteiger partial charge in [-0.1, -0.05) is 6.92 Å². The fraction of sp³-hybridized carbons (Fsp3) is 1.00. The van der Waals surface area contributed by atoms with Crippen molar-refractivity contribution in [1.29, 1.82) is 0 Å². The van der Waals surface area contributed by atoms with Gasteiger partial charge in [0, 0.05) is 18.1 Å². The summed E-state index contributed by atoms with van der Waals surface area (Å²) in [5.41, 5.74) is 0. The average molecular weight is 239 g/mol. The summed E-state index contributed by atoms with van der Waals surface area (Å²) >= 11 is 0. The van der Waals surface area contributed by atoms with Crippen molar-refractivity contribution in [2.75, 3.05) is 33.7 Å². The maximum atomic E-state index is 3.60. The Kier molecular flexibility index (Phi) is 4.83. The van der Waals surface area contributed by atoms with E-state index < -0.39 is 0 Å². The van der Waals surface area contributed by atoms with E-state index in [0.29, 0.717) is 0 Å². The van der Waals surface area contributed by atoms with Gasteiger partial charge in [0.25, 0.3) is 0 Å².